The lowest BCUT2D eigenvalue weighted by Gasteiger charge is -2.43. The van der Waals surface area contributed by atoms with E-state index in [1.165, 1.54) is 4.31 Å². The molecule has 274 valence electrons. The van der Waals surface area contributed by atoms with Crippen LogP contribution in [-0.2, 0) is 42.2 Å². The second-order valence-corrected chi connectivity index (χ2v) is 15.9. The first-order valence-corrected chi connectivity index (χ1v) is 20.2. The summed E-state index contributed by atoms with van der Waals surface area (Å²) in [7, 11) is -2.15. The number of aryl methyl sites for hydroxylation is 1. The molecule has 2 heterocycles. The zero-order valence-electron chi connectivity index (χ0n) is 29.7. The molecule has 50 heavy (non-hydrogen) atoms. The van der Waals surface area contributed by atoms with Crippen molar-refractivity contribution in [3.8, 4) is 5.75 Å². The third kappa shape index (κ3) is 10.2. The van der Waals surface area contributed by atoms with Gasteiger partial charge in [0.15, 0.2) is 0 Å². The normalized spacial score (nSPS) is 20.3. The van der Waals surface area contributed by atoms with Crippen LogP contribution >= 0.6 is 11.8 Å². The maximum Gasteiger partial charge on any atom is 0.243 e. The summed E-state index contributed by atoms with van der Waals surface area (Å²) < 4.78 is 59.7. The Kier molecular flexibility index (Phi) is 14.4. The van der Waals surface area contributed by atoms with Crippen molar-refractivity contribution in [3.63, 3.8) is 0 Å². The summed E-state index contributed by atoms with van der Waals surface area (Å²) in [5.41, 5.74) is 4.99. The fourth-order valence-electron chi connectivity index (χ4n) is 6.41. The first kappa shape index (κ1) is 38.5. The number of aliphatic hydroxyl groups is 1. The second kappa shape index (κ2) is 18.7. The maximum atomic E-state index is 14.1. The van der Waals surface area contributed by atoms with Crippen LogP contribution in [0.2, 0.25) is 0 Å². The average Bonchev–Trinajstić information content (AvgIpc) is 3.12. The highest BCUT2D eigenvalue weighted by Crippen LogP contribution is 2.37. The van der Waals surface area contributed by atoms with Crippen LogP contribution in [0.5, 0.6) is 5.75 Å². The van der Waals surface area contributed by atoms with Crippen molar-refractivity contribution in [1.82, 2.24) is 4.31 Å². The highest BCUT2D eigenvalue weighted by atomic mass is 32.2. The van der Waals surface area contributed by atoms with E-state index < -0.39 is 28.3 Å². The van der Waals surface area contributed by atoms with Crippen LogP contribution in [0.1, 0.15) is 41.5 Å². The molecule has 10 nitrogen and oxygen atoms in total. The first-order valence-electron chi connectivity index (χ1n) is 17.3. The Morgan fingerprint density at radius 3 is 2.38 bits per heavy atom. The van der Waals surface area contributed by atoms with Crippen molar-refractivity contribution in [3.05, 3.63) is 89.0 Å². The van der Waals surface area contributed by atoms with E-state index in [1.807, 2.05) is 31.2 Å². The van der Waals surface area contributed by atoms with Gasteiger partial charge in [0.25, 0.3) is 0 Å². The Morgan fingerprint density at radius 2 is 1.68 bits per heavy atom. The molecule has 0 aromatic heterocycles. The smallest absolute Gasteiger partial charge is 0.243 e. The van der Waals surface area contributed by atoms with Gasteiger partial charge in [0.2, 0.25) is 10.0 Å². The lowest BCUT2D eigenvalue weighted by atomic mass is 9.85. The van der Waals surface area contributed by atoms with E-state index in [1.54, 1.807) is 50.1 Å². The molecule has 12 heteroatoms. The van der Waals surface area contributed by atoms with Crippen molar-refractivity contribution in [1.29, 1.82) is 0 Å². The lowest BCUT2D eigenvalue weighted by Crippen LogP contribution is -2.54. The van der Waals surface area contributed by atoms with Gasteiger partial charge in [0.05, 0.1) is 61.9 Å². The summed E-state index contributed by atoms with van der Waals surface area (Å²) in [6, 6.07) is 21.2. The summed E-state index contributed by atoms with van der Waals surface area (Å²) >= 11 is 1.75. The van der Waals surface area contributed by atoms with Gasteiger partial charge in [0.1, 0.15) is 12.4 Å². The predicted molar refractivity (Wildman–Crippen MR) is 198 cm³/mol. The summed E-state index contributed by atoms with van der Waals surface area (Å²) in [6.45, 7) is 8.35. The van der Waals surface area contributed by atoms with E-state index in [-0.39, 0.29) is 37.1 Å². The molecule has 4 atom stereocenters. The zero-order valence-corrected chi connectivity index (χ0v) is 31.3. The van der Waals surface area contributed by atoms with Gasteiger partial charge in [-0.3, -0.25) is 0 Å². The van der Waals surface area contributed by atoms with E-state index in [2.05, 4.69) is 29.4 Å². The number of sulfonamides is 1. The molecule has 2 aliphatic heterocycles. The SMILES string of the molecule is COCCCN1CCOc2ccc(CO[C@H]3CN(S(=O)(=O)c4ccc(C)cc4)C[C@@H](OCC(C)O)[C@@H]3c3ccc(COCCSC)cc3)cc21. The third-order valence-corrected chi connectivity index (χ3v) is 11.5. The molecule has 1 unspecified atom stereocenters. The van der Waals surface area contributed by atoms with E-state index in [0.717, 1.165) is 59.0 Å². The number of thioether (sulfide) groups is 1. The van der Waals surface area contributed by atoms with Crippen LogP contribution in [-0.4, -0.2) is 108 Å². The first-order chi connectivity index (χ1) is 24.2. The quantitative estimate of drug-likeness (QED) is 0.175. The fraction of sp³-hybridized carbons (Fsp3) is 0.526. The molecule has 3 aromatic rings. The fourth-order valence-corrected chi connectivity index (χ4v) is 8.16. The Hall–Kier alpha value is -2.68. The Labute approximate surface area is 302 Å². The Balaban J connectivity index is 1.44. The van der Waals surface area contributed by atoms with Crippen LogP contribution < -0.4 is 9.64 Å². The number of benzene rings is 3. The molecule has 0 amide bonds. The predicted octanol–water partition coefficient (Wildman–Crippen LogP) is 5.25. The molecule has 1 N–H and O–H groups in total. The third-order valence-electron chi connectivity index (χ3n) is 9.07. The number of hydrogen-bond donors (Lipinski definition) is 1. The molecular weight excluding hydrogens is 677 g/mol. The number of rotatable bonds is 18. The maximum absolute atomic E-state index is 14.1. The van der Waals surface area contributed by atoms with Crippen molar-refractivity contribution in [2.24, 2.45) is 0 Å². The molecule has 0 spiro atoms. The zero-order chi connectivity index (χ0) is 35.5. The number of fused-ring (bicyclic) bond motifs is 1. The van der Waals surface area contributed by atoms with Gasteiger partial charge in [0, 0.05) is 45.0 Å². The summed E-state index contributed by atoms with van der Waals surface area (Å²) in [5, 5.41) is 10.2. The molecule has 1 saturated heterocycles. The van der Waals surface area contributed by atoms with Crippen molar-refractivity contribution >= 4 is 27.5 Å². The molecule has 5 rings (SSSR count). The van der Waals surface area contributed by atoms with Gasteiger partial charge in [-0.1, -0.05) is 48.0 Å². The van der Waals surface area contributed by atoms with Gasteiger partial charge in [-0.25, -0.2) is 8.42 Å². The van der Waals surface area contributed by atoms with E-state index in [0.29, 0.717) is 26.4 Å². The molecule has 1 fully saturated rings. The van der Waals surface area contributed by atoms with E-state index in [4.69, 9.17) is 23.7 Å². The van der Waals surface area contributed by atoms with Crippen molar-refractivity contribution < 1.29 is 37.2 Å². The van der Waals surface area contributed by atoms with Crippen LogP contribution in [0.4, 0.5) is 5.69 Å². The number of methoxy groups -OCH3 is 1. The Morgan fingerprint density at radius 1 is 0.960 bits per heavy atom. The van der Waals surface area contributed by atoms with Gasteiger partial charge < -0.3 is 33.7 Å². The second-order valence-electron chi connectivity index (χ2n) is 13.0. The minimum atomic E-state index is -3.86. The molecule has 3 aromatic carbocycles. The van der Waals surface area contributed by atoms with Crippen LogP contribution in [0, 0.1) is 6.92 Å². The van der Waals surface area contributed by atoms with Gasteiger partial charge >= 0.3 is 0 Å². The molecule has 2 aliphatic rings. The molecule has 0 saturated carbocycles. The summed E-state index contributed by atoms with van der Waals surface area (Å²) in [6.07, 6.45) is 1.13. The minimum Gasteiger partial charge on any atom is -0.490 e. The molecule has 0 aliphatic carbocycles. The van der Waals surface area contributed by atoms with E-state index in [9.17, 15) is 13.5 Å². The summed E-state index contributed by atoms with van der Waals surface area (Å²) in [5.74, 6) is 1.48. The topological polar surface area (TPSA) is 107 Å². The number of nitrogens with zero attached hydrogens (tertiary/aromatic N) is 2. The van der Waals surface area contributed by atoms with Gasteiger partial charge in [-0.05, 0) is 67.5 Å². The molecule has 0 radical (unpaired) electrons. The summed E-state index contributed by atoms with van der Waals surface area (Å²) in [4.78, 5) is 2.54. The standard InChI is InChI=1S/C38H52N2O8S2/c1-28-6-13-33(14-7-28)50(42,43)40-23-36(47-25-29(2)41)38(32-11-8-30(9-12-32)26-45-20-21-49-4)37(24-40)48-27-31-10-15-35-34(22-31)39(17-19-46-35)16-5-18-44-3/h6-15,22,29,36-38,41H,5,16-21,23-27H2,1-4H3/t29?,36-,37+,38+/m1/s1. The molecule has 0 bridgehead atoms. The monoisotopic (exact) mass is 728 g/mol. The average molecular weight is 729 g/mol. The van der Waals surface area contributed by atoms with Crippen molar-refractivity contribution in [2.75, 3.05) is 76.6 Å². The minimum absolute atomic E-state index is 0.0669. The van der Waals surface area contributed by atoms with Crippen LogP contribution in [0.3, 0.4) is 0 Å². The number of hydrogen-bond acceptors (Lipinski definition) is 10. The lowest BCUT2D eigenvalue weighted by molar-refractivity contribution is -0.0916. The Bertz CT molecular complexity index is 1590. The number of anilines is 1. The number of ether oxygens (including phenoxy) is 5. The number of aliphatic hydroxyl groups excluding tert-OH is 1. The number of piperidine rings is 1. The van der Waals surface area contributed by atoms with Crippen LogP contribution in [0.25, 0.3) is 0 Å². The van der Waals surface area contributed by atoms with E-state index >= 15 is 0 Å². The highest BCUT2D eigenvalue weighted by Gasteiger charge is 2.43. The highest BCUT2D eigenvalue weighted by molar-refractivity contribution is 7.98. The largest absolute Gasteiger partial charge is 0.490 e. The molecular formula is C38H52N2O8S2. The van der Waals surface area contributed by atoms with Crippen molar-refractivity contribution in [2.45, 2.75) is 62.6 Å². The van der Waals surface area contributed by atoms with Crippen LogP contribution in [0.15, 0.2) is 71.6 Å². The van der Waals surface area contributed by atoms with Gasteiger partial charge in [-0.15, -0.1) is 0 Å². The van der Waals surface area contributed by atoms with Gasteiger partial charge in [-0.2, -0.15) is 16.1 Å².